The van der Waals surface area contributed by atoms with Gasteiger partial charge in [-0.3, -0.25) is 14.4 Å². The van der Waals surface area contributed by atoms with Crippen molar-refractivity contribution < 1.29 is 28.6 Å². The van der Waals surface area contributed by atoms with Crippen LogP contribution in [0.4, 0.5) is 0 Å². The summed E-state index contributed by atoms with van der Waals surface area (Å²) in [6.45, 7) is 6.12. The number of ether oxygens (including phenoxy) is 3. The van der Waals surface area contributed by atoms with Crippen LogP contribution in [0, 0.1) is 0 Å². The highest BCUT2D eigenvalue weighted by atomic mass is 16.6. The molecule has 0 saturated heterocycles. The average Bonchev–Trinajstić information content (AvgIpc) is 3.26. The maximum absolute atomic E-state index is 12.7. The summed E-state index contributed by atoms with van der Waals surface area (Å²) in [5.41, 5.74) is 0. The maximum Gasteiger partial charge on any atom is 0.309 e. The van der Waals surface area contributed by atoms with Crippen molar-refractivity contribution in [3.63, 3.8) is 0 Å². The maximum atomic E-state index is 12.7. The summed E-state index contributed by atoms with van der Waals surface area (Å²) in [5.74, 6) is -1.09. The largest absolute Gasteiger partial charge is 0.462 e. The number of rotatable bonds is 41. The van der Waals surface area contributed by atoms with Crippen LogP contribution in [0.3, 0.4) is 0 Å². The van der Waals surface area contributed by atoms with E-state index in [0.29, 0.717) is 6.42 Å². The highest BCUT2D eigenvalue weighted by Gasteiger charge is 2.19. The Morgan fingerprint density at radius 1 is 0.361 bits per heavy atom. The summed E-state index contributed by atoms with van der Waals surface area (Å²) >= 11 is 0. The zero-order valence-electron chi connectivity index (χ0n) is 38.9. The molecule has 342 valence electrons. The first kappa shape index (κ1) is 56.8. The number of carbonyl (C=O) groups is 3. The minimum absolute atomic E-state index is 0.121. The predicted molar refractivity (Wildman–Crippen MR) is 260 cm³/mol. The smallest absolute Gasteiger partial charge is 0.309 e. The van der Waals surface area contributed by atoms with Crippen molar-refractivity contribution in [2.24, 2.45) is 0 Å². The van der Waals surface area contributed by atoms with Crippen LogP contribution in [-0.4, -0.2) is 37.2 Å². The lowest BCUT2D eigenvalue weighted by molar-refractivity contribution is -0.166. The Labute approximate surface area is 373 Å². The van der Waals surface area contributed by atoms with Crippen molar-refractivity contribution in [3.05, 3.63) is 122 Å². The van der Waals surface area contributed by atoms with Crippen molar-refractivity contribution in [2.45, 2.75) is 194 Å². The van der Waals surface area contributed by atoms with Crippen LogP contribution >= 0.6 is 0 Å². The molecule has 6 heteroatoms. The Bertz CT molecular complexity index is 1340. The van der Waals surface area contributed by atoms with Gasteiger partial charge >= 0.3 is 17.9 Å². The molecule has 0 aromatic heterocycles. The quantitative estimate of drug-likeness (QED) is 0.0201. The number of unbranched alkanes of at least 4 members (excludes halogenated alkanes) is 14. The van der Waals surface area contributed by atoms with Crippen LogP contribution in [0.15, 0.2) is 122 Å². The minimum atomic E-state index is -0.830. The molecular formula is C55H86O6. The standard InChI is InChI=1S/C55H86O6/c1-4-7-10-13-16-19-21-23-25-26-27-28-30-31-33-36-39-42-45-48-54(57)60-51-52(50-59-53(56)47-44-41-38-35-18-15-12-9-6-3)61-55(58)49-46-43-40-37-34-32-29-24-22-20-17-14-11-8-5-2/h7-12,14,16-20,22-25,29,35,41,44,52H,4-6,13,15,21,26-28,30-34,36-40,42-43,45-51H2,1-3H3/b10-7-,11-8-,12-9-,17-14-,19-16-,22-20-,25-23-,29-24-,35-18-,44-41-. The molecule has 0 fully saturated rings. The minimum Gasteiger partial charge on any atom is -0.462 e. The Hall–Kier alpha value is -4.19. The summed E-state index contributed by atoms with van der Waals surface area (Å²) in [4.78, 5) is 37.7. The number of allylic oxidation sites excluding steroid dienone is 19. The van der Waals surface area contributed by atoms with Crippen LogP contribution in [-0.2, 0) is 28.6 Å². The molecule has 0 radical (unpaired) electrons. The van der Waals surface area contributed by atoms with Gasteiger partial charge in [-0.05, 0) is 83.5 Å². The molecule has 0 amide bonds. The van der Waals surface area contributed by atoms with Gasteiger partial charge in [0.15, 0.2) is 6.10 Å². The molecule has 0 aliphatic rings. The Morgan fingerprint density at radius 2 is 0.738 bits per heavy atom. The molecule has 0 aliphatic heterocycles. The van der Waals surface area contributed by atoms with E-state index in [4.69, 9.17) is 14.2 Å². The second-order valence-corrected chi connectivity index (χ2v) is 15.3. The number of carbonyl (C=O) groups excluding carboxylic acids is 3. The van der Waals surface area contributed by atoms with Crippen molar-refractivity contribution in [2.75, 3.05) is 13.2 Å². The number of esters is 3. The lowest BCUT2D eigenvalue weighted by atomic mass is 10.1. The van der Waals surface area contributed by atoms with Crippen LogP contribution in [0.2, 0.25) is 0 Å². The van der Waals surface area contributed by atoms with E-state index in [1.54, 1.807) is 6.08 Å². The fourth-order valence-electron chi connectivity index (χ4n) is 6.06. The van der Waals surface area contributed by atoms with Crippen molar-refractivity contribution in [3.8, 4) is 0 Å². The predicted octanol–water partition coefficient (Wildman–Crippen LogP) is 15.7. The first-order valence-electron chi connectivity index (χ1n) is 24.1. The van der Waals surface area contributed by atoms with E-state index < -0.39 is 12.1 Å². The summed E-state index contributed by atoms with van der Waals surface area (Å²) in [7, 11) is 0. The summed E-state index contributed by atoms with van der Waals surface area (Å²) in [5, 5.41) is 0. The van der Waals surface area contributed by atoms with Crippen LogP contribution in [0.25, 0.3) is 0 Å². The van der Waals surface area contributed by atoms with Crippen LogP contribution in [0.5, 0.6) is 0 Å². The fraction of sp³-hybridized carbons (Fsp3) is 0.582. The van der Waals surface area contributed by atoms with Gasteiger partial charge < -0.3 is 14.2 Å². The van der Waals surface area contributed by atoms with E-state index in [9.17, 15) is 14.4 Å². The highest BCUT2D eigenvalue weighted by molar-refractivity contribution is 5.72. The van der Waals surface area contributed by atoms with E-state index in [2.05, 4.69) is 106 Å². The SMILES string of the molecule is CC\C=C/C=C\C=C/C=C\CCCCCCCC(=O)OC(COC(=O)C/C=C\C/C=C\C/C=C\CC)COC(=O)CCCCCCCCCCC/C=C\C/C=C\C/C=C\CC. The van der Waals surface area contributed by atoms with Gasteiger partial charge in [0.1, 0.15) is 13.2 Å². The fourth-order valence-corrected chi connectivity index (χ4v) is 6.06. The van der Waals surface area contributed by atoms with Gasteiger partial charge in [0.2, 0.25) is 0 Å². The van der Waals surface area contributed by atoms with E-state index in [-0.39, 0.29) is 38.0 Å². The summed E-state index contributed by atoms with van der Waals surface area (Å²) in [6, 6.07) is 0. The van der Waals surface area contributed by atoms with Gasteiger partial charge in [-0.2, -0.15) is 0 Å². The number of hydrogen-bond donors (Lipinski definition) is 0. The van der Waals surface area contributed by atoms with Gasteiger partial charge in [0.25, 0.3) is 0 Å². The molecule has 0 saturated carbocycles. The Kier molecular flexibility index (Phi) is 45.1. The third kappa shape index (κ3) is 46.7. The van der Waals surface area contributed by atoms with Crippen LogP contribution < -0.4 is 0 Å². The van der Waals surface area contributed by atoms with Gasteiger partial charge in [-0.1, -0.05) is 206 Å². The van der Waals surface area contributed by atoms with E-state index in [1.807, 2.05) is 30.4 Å². The van der Waals surface area contributed by atoms with Gasteiger partial charge in [-0.25, -0.2) is 0 Å². The first-order chi connectivity index (χ1) is 30.0. The molecule has 0 aromatic rings. The molecule has 61 heavy (non-hydrogen) atoms. The normalized spacial score (nSPS) is 13.2. The monoisotopic (exact) mass is 843 g/mol. The van der Waals surface area contributed by atoms with E-state index in [1.165, 1.54) is 38.5 Å². The average molecular weight is 843 g/mol. The molecule has 0 spiro atoms. The molecule has 0 rings (SSSR count). The molecule has 1 atom stereocenters. The van der Waals surface area contributed by atoms with Gasteiger partial charge in [0, 0.05) is 12.8 Å². The third-order valence-corrected chi connectivity index (χ3v) is 9.57. The zero-order valence-corrected chi connectivity index (χ0v) is 38.9. The zero-order chi connectivity index (χ0) is 44.4. The lowest BCUT2D eigenvalue weighted by Gasteiger charge is -2.18. The molecule has 0 aliphatic carbocycles. The Morgan fingerprint density at radius 3 is 1.26 bits per heavy atom. The lowest BCUT2D eigenvalue weighted by Crippen LogP contribution is -2.30. The molecule has 0 aromatic carbocycles. The van der Waals surface area contributed by atoms with Gasteiger partial charge in [0.05, 0.1) is 6.42 Å². The first-order valence-corrected chi connectivity index (χ1v) is 24.1. The van der Waals surface area contributed by atoms with Gasteiger partial charge in [-0.15, -0.1) is 0 Å². The molecule has 1 unspecified atom stereocenters. The summed E-state index contributed by atoms with van der Waals surface area (Å²) in [6.07, 6.45) is 66.5. The second kappa shape index (κ2) is 48.5. The van der Waals surface area contributed by atoms with E-state index >= 15 is 0 Å². The van der Waals surface area contributed by atoms with Crippen molar-refractivity contribution in [1.82, 2.24) is 0 Å². The molecule has 6 nitrogen and oxygen atoms in total. The van der Waals surface area contributed by atoms with Crippen LogP contribution in [0.1, 0.15) is 188 Å². The van der Waals surface area contributed by atoms with E-state index in [0.717, 1.165) is 109 Å². The summed E-state index contributed by atoms with van der Waals surface area (Å²) < 4.78 is 16.6. The van der Waals surface area contributed by atoms with Crippen molar-refractivity contribution in [1.29, 1.82) is 0 Å². The highest BCUT2D eigenvalue weighted by Crippen LogP contribution is 2.13. The third-order valence-electron chi connectivity index (χ3n) is 9.57. The topological polar surface area (TPSA) is 78.9 Å². The molecular weight excluding hydrogens is 757 g/mol. The number of hydrogen-bond acceptors (Lipinski definition) is 6. The molecule has 0 heterocycles. The Balaban J connectivity index is 4.43. The van der Waals surface area contributed by atoms with Crippen molar-refractivity contribution >= 4 is 17.9 Å². The molecule has 0 bridgehead atoms. The second-order valence-electron chi connectivity index (χ2n) is 15.3. The molecule has 0 N–H and O–H groups in total.